The smallest absolute Gasteiger partial charge is 0.407 e. The van der Waals surface area contributed by atoms with Crippen LogP contribution in [0, 0.1) is 23.7 Å². The van der Waals surface area contributed by atoms with Crippen molar-refractivity contribution in [1.29, 1.82) is 0 Å². The zero-order chi connectivity index (χ0) is 106. The Morgan fingerprint density at radius 2 is 1.14 bits per heavy atom. The Morgan fingerprint density at radius 3 is 1.61 bits per heavy atom. The molecule has 8 unspecified atom stereocenters. The number of carbonyl (C=O) groups is 13. The molecule has 0 aliphatic carbocycles. The first-order valence-electron chi connectivity index (χ1n) is 47.8. The molecule has 8 amide bonds. The third-order valence-corrected chi connectivity index (χ3v) is 25.4. The van der Waals surface area contributed by atoms with Crippen molar-refractivity contribution < 1.29 is 164 Å². The normalized spacial score (nSPS) is 16.4. The number of pyridine rings is 1. The van der Waals surface area contributed by atoms with E-state index in [9.17, 15) is 72.5 Å². The van der Waals surface area contributed by atoms with Crippen LogP contribution in [0.25, 0.3) is 0 Å². The number of ether oxygens (including phenoxy) is 14. The van der Waals surface area contributed by atoms with E-state index in [1.807, 2.05) is 92.5 Å². The predicted octanol–water partition coefficient (Wildman–Crippen LogP) is 6.89. The summed E-state index contributed by atoms with van der Waals surface area (Å²) < 4.78 is 73.4. The van der Waals surface area contributed by atoms with Crippen molar-refractivity contribution in [2.24, 2.45) is 23.7 Å². The first-order chi connectivity index (χ1) is 67.9. The molecule has 2 saturated heterocycles. The van der Waals surface area contributed by atoms with Crippen LogP contribution in [0.4, 0.5) is 14.4 Å². The van der Waals surface area contributed by atoms with Crippen LogP contribution in [0.2, 0.25) is 0 Å². The van der Waals surface area contributed by atoms with Crippen LogP contribution < -0.4 is 36.6 Å². The van der Waals surface area contributed by atoms with E-state index in [-0.39, 0.29) is 188 Å². The molecule has 4 heterocycles. The number of aromatic nitrogens is 2. The average molecular weight is 2080 g/mol. The number of piperidine rings is 1. The second-order valence-corrected chi connectivity index (χ2v) is 36.7. The van der Waals surface area contributed by atoms with Crippen LogP contribution in [-0.2, 0) is 111 Å². The largest absolute Gasteiger partial charge is 0.481 e. The minimum absolute atomic E-state index is 0.0130. The van der Waals surface area contributed by atoms with E-state index < -0.39 is 140 Å². The average Bonchev–Trinajstić information content (AvgIpc) is 1.72. The summed E-state index contributed by atoms with van der Waals surface area (Å²) in [6.07, 6.45) is 0.587. The molecule has 5 rings (SSSR count). The van der Waals surface area contributed by atoms with Crippen LogP contribution >= 0.6 is 32.9 Å². The summed E-state index contributed by atoms with van der Waals surface area (Å²) in [6.45, 7) is 19.8. The lowest BCUT2D eigenvalue weighted by Gasteiger charge is -2.39. The second-order valence-electron chi connectivity index (χ2n) is 33.4. The molecule has 3 aromatic rings. The summed E-state index contributed by atoms with van der Waals surface area (Å²) in [4.78, 5) is 177. The Bertz CT molecular complexity index is 4070. The Labute approximate surface area is 843 Å². The Balaban J connectivity index is 0.000000923. The first kappa shape index (κ1) is 129. The molecule has 0 bridgehead atoms. The molecule has 13 N–H and O–H groups in total. The number of methoxy groups -OCH3 is 4. The van der Waals surface area contributed by atoms with Gasteiger partial charge in [-0.25, -0.2) is 24.4 Å². The molecule has 45 nitrogen and oxygen atoms in total. The Morgan fingerprint density at radius 1 is 0.599 bits per heavy atom. The molecular weight excluding hydrogens is 1920 g/mol. The molecular formula is C94H155N11O34S3. The number of benzene rings is 1. The maximum absolute atomic E-state index is 14.9. The number of aliphatic hydroxyl groups excluding tert-OH is 5. The lowest BCUT2D eigenvalue weighted by molar-refractivity contribution is -0.181. The topological polar surface area (TPSA) is 600 Å². The number of likely N-dealkylation sites (N-methyl/N-ethyl adjacent to an activating group) is 1. The summed E-state index contributed by atoms with van der Waals surface area (Å²) in [5.41, 5.74) is 0.658. The van der Waals surface area contributed by atoms with E-state index in [0.717, 1.165) is 41.5 Å². The number of amides is 8. The van der Waals surface area contributed by atoms with Gasteiger partial charge in [-0.15, -0.1) is 11.3 Å². The lowest BCUT2D eigenvalue weighted by atomic mass is 9.92. The number of aliphatic carboxylic acids is 2. The first-order valence-corrected chi connectivity index (χ1v) is 51.0. The minimum atomic E-state index is -1.08. The SMILES string of the molecule is CCC(CO)OC(CO)OC.CCC(CO)OC(COC(=O)NCCC(=O)NCCSSc1ccccn1)OC.CCC(CO)OC(COC(=O)NCCC(=O)O)OC.CCCC(=O)OCN(C(=O)[C@@H](NC(=O)[C@H]1CCCCN1C)[C@@H](C)CC)[C@H](C[C@@H](OC(C)=O)c1nc(C(=O)N[C@@H](Cc2ccc(OC(=O)[C@H]3CCN(C(=O)CCNC(=O)OCC(OC)OC(CC)CO)C3)cc2)C[C@H](C)C(=O)O)cs1)C(C)C. The van der Waals surface area contributed by atoms with Gasteiger partial charge in [0.05, 0.1) is 81.7 Å². The quantitative estimate of drug-likeness (QED) is 0.00683. The molecule has 16 atom stereocenters. The van der Waals surface area contributed by atoms with Gasteiger partial charge in [-0.05, 0) is 130 Å². The Hall–Kier alpha value is -9.35. The predicted molar refractivity (Wildman–Crippen MR) is 522 cm³/mol. The molecule has 2 fully saturated rings. The maximum atomic E-state index is 14.9. The summed E-state index contributed by atoms with van der Waals surface area (Å²) in [5.74, 6) is -6.65. The highest BCUT2D eigenvalue weighted by molar-refractivity contribution is 8.76. The molecule has 2 aliphatic rings. The number of nitrogens with zero attached hydrogens (tertiary/aromatic N) is 5. The van der Waals surface area contributed by atoms with Gasteiger partial charge < -0.3 is 144 Å². The van der Waals surface area contributed by atoms with Crippen molar-refractivity contribution in [1.82, 2.24) is 56.6 Å². The van der Waals surface area contributed by atoms with Gasteiger partial charge in [0, 0.05) is 130 Å². The molecule has 808 valence electrons. The van der Waals surface area contributed by atoms with Gasteiger partial charge in [0.1, 0.15) is 47.3 Å². The fourth-order valence-electron chi connectivity index (χ4n) is 13.5. The molecule has 0 spiro atoms. The molecule has 2 aromatic heterocycles. The number of likely N-dealkylation sites (tertiary alicyclic amines) is 2. The van der Waals surface area contributed by atoms with E-state index in [2.05, 4.69) is 41.9 Å². The molecule has 0 saturated carbocycles. The van der Waals surface area contributed by atoms with Gasteiger partial charge in [0.15, 0.2) is 38.0 Å². The molecule has 1 aromatic carbocycles. The zero-order valence-corrected chi connectivity index (χ0v) is 87.1. The number of alkyl carbamates (subject to hydrolysis) is 3. The molecule has 0 radical (unpaired) electrons. The standard InChI is InChI=1S/C58H89N7O17S.C18H29N3O6S2.C11H21NO7.C7H16O4/c1-11-16-49(69)79-34-65(55(72)51(36(6)12-2)62-53(71)45-17-14-15-25-63(45)9)46(35(4)5)29-47(80-38(8)67)54-61-44(33-83-54)52(70)60-41(27-37(7)56(73)74)28-39-18-20-43(21-19-39)82-57(75)40-23-26-64(30-40)48(68)22-24-59-58(76)78-32-50(77-10)81-42(13-3)31-66;1-3-14(12-22)27-17(25-2)13-26-18(24)21-9-7-15(23)19-10-11-28-29-16-6-4-5-8-20-16;1-3-8(6-13)19-10(17-2)7-18-11(16)12-5-4-9(14)15;1-3-6(4-8)11-7(5-9)10-2/h18-21,33,35-37,40-42,45-47,50-51,66H,11-17,22-32,34H2,1-10H3,(H,59,76)(H,60,70)(H,62,71)(H,73,74);4-6,8,14,17,22H,3,7,9-13H2,1-2H3,(H,19,23)(H,21,24);8,10,13H,3-7H2,1-2H3,(H,12,16)(H,14,15);6-9H,3-5H2,1-2H3/t36-,37-,40-,41+,42?,45+,46+,47+,50?,51-;;;/m0.../s1. The van der Waals surface area contributed by atoms with Gasteiger partial charge in [-0.2, -0.15) is 0 Å². The third-order valence-electron chi connectivity index (χ3n) is 22.2. The fourth-order valence-corrected chi connectivity index (χ4v) is 16.1. The second kappa shape index (κ2) is 75.4. The van der Waals surface area contributed by atoms with Crippen molar-refractivity contribution in [2.75, 3.05) is 147 Å². The van der Waals surface area contributed by atoms with Gasteiger partial charge in [0.25, 0.3) is 5.91 Å². The van der Waals surface area contributed by atoms with Crippen LogP contribution in [0.5, 0.6) is 5.75 Å². The van der Waals surface area contributed by atoms with Crippen LogP contribution in [0.3, 0.4) is 0 Å². The lowest BCUT2D eigenvalue weighted by Crippen LogP contribution is -2.59. The number of hydrogen-bond donors (Lipinski definition) is 13. The van der Waals surface area contributed by atoms with Crippen molar-refractivity contribution in [2.45, 2.75) is 270 Å². The highest BCUT2D eigenvalue weighted by atomic mass is 33.1. The summed E-state index contributed by atoms with van der Waals surface area (Å²) in [6, 6.07) is 9.43. The number of esters is 3. The molecule has 2 aliphatic heterocycles. The number of thiazole rings is 1. The minimum Gasteiger partial charge on any atom is -0.481 e. The van der Waals surface area contributed by atoms with Crippen molar-refractivity contribution in [3.63, 3.8) is 0 Å². The fraction of sp³-hybridized carbons (Fsp3) is 0.713. The Kier molecular flexibility index (Phi) is 68.3. The summed E-state index contributed by atoms with van der Waals surface area (Å²) in [7, 11) is 10.7. The van der Waals surface area contributed by atoms with Gasteiger partial charge in [0.2, 0.25) is 23.6 Å². The number of hydrogen-bond acceptors (Lipinski definition) is 38. The van der Waals surface area contributed by atoms with E-state index in [1.54, 1.807) is 52.1 Å². The number of aliphatic hydroxyl groups is 5. The van der Waals surface area contributed by atoms with Crippen LogP contribution in [-0.4, -0.2) is 358 Å². The number of carbonyl (C=O) groups excluding carboxylic acids is 11. The number of carboxylic acid groups (broad SMARTS) is 2. The van der Waals surface area contributed by atoms with Crippen LogP contribution in [0.15, 0.2) is 59.1 Å². The van der Waals surface area contributed by atoms with Crippen molar-refractivity contribution >= 4 is 111 Å². The van der Waals surface area contributed by atoms with E-state index in [1.165, 1.54) is 57.5 Å². The summed E-state index contributed by atoms with van der Waals surface area (Å²) >= 11 is 1.06. The third kappa shape index (κ3) is 53.5. The van der Waals surface area contributed by atoms with Gasteiger partial charge >= 0.3 is 48.1 Å². The number of rotatable bonds is 65. The van der Waals surface area contributed by atoms with Crippen molar-refractivity contribution in [3.05, 3.63) is 70.3 Å². The highest BCUT2D eigenvalue weighted by Gasteiger charge is 2.41. The monoisotopic (exact) mass is 2080 g/mol. The van der Waals surface area contributed by atoms with Crippen molar-refractivity contribution in [3.8, 4) is 5.75 Å². The van der Waals surface area contributed by atoms with Gasteiger partial charge in [-0.1, -0.05) is 111 Å². The number of carboxylic acids is 2. The molecule has 142 heavy (non-hydrogen) atoms. The van der Waals surface area contributed by atoms with E-state index >= 15 is 0 Å². The maximum Gasteiger partial charge on any atom is 0.407 e. The van der Waals surface area contributed by atoms with Gasteiger partial charge in [-0.3, -0.25) is 52.8 Å². The van der Waals surface area contributed by atoms with Crippen LogP contribution in [0.1, 0.15) is 206 Å². The highest BCUT2D eigenvalue weighted by Crippen LogP contribution is 2.34. The van der Waals surface area contributed by atoms with E-state index in [4.69, 9.17) is 91.8 Å². The molecule has 48 heteroatoms. The van der Waals surface area contributed by atoms with E-state index in [0.29, 0.717) is 70.0 Å². The summed E-state index contributed by atoms with van der Waals surface area (Å²) in [5, 5.41) is 81.7. The number of nitrogens with one attached hydrogen (secondary N) is 6. The zero-order valence-electron chi connectivity index (χ0n) is 84.7.